The SMILES string of the molecule is O=C(O)c1cc2ccccc2nc1Sc1ncccc1Cl. The zero-order valence-corrected chi connectivity index (χ0v) is 12.2. The van der Waals surface area contributed by atoms with Crippen LogP contribution in [-0.2, 0) is 0 Å². The van der Waals surface area contributed by atoms with Gasteiger partial charge in [-0.3, -0.25) is 0 Å². The second kappa shape index (κ2) is 5.71. The molecule has 21 heavy (non-hydrogen) atoms. The maximum atomic E-state index is 11.4. The Labute approximate surface area is 129 Å². The lowest BCUT2D eigenvalue weighted by atomic mass is 10.1. The van der Waals surface area contributed by atoms with Crippen LogP contribution in [0.5, 0.6) is 0 Å². The molecular weight excluding hydrogens is 308 g/mol. The van der Waals surface area contributed by atoms with Crippen LogP contribution >= 0.6 is 23.4 Å². The number of para-hydroxylation sites is 1. The number of halogens is 1. The Balaban J connectivity index is 2.14. The Morgan fingerprint density at radius 2 is 1.95 bits per heavy atom. The first-order valence-electron chi connectivity index (χ1n) is 6.06. The molecule has 4 nitrogen and oxygen atoms in total. The van der Waals surface area contributed by atoms with Crippen LogP contribution in [0, 0.1) is 0 Å². The predicted octanol–water partition coefficient (Wildman–Crippen LogP) is 4.13. The number of nitrogens with zero attached hydrogens (tertiary/aromatic N) is 2. The van der Waals surface area contributed by atoms with Crippen LogP contribution in [0.1, 0.15) is 10.4 Å². The molecule has 6 heteroatoms. The van der Waals surface area contributed by atoms with Crippen LogP contribution in [0.25, 0.3) is 10.9 Å². The summed E-state index contributed by atoms with van der Waals surface area (Å²) in [6, 6.07) is 12.4. The number of aromatic carboxylic acids is 1. The van der Waals surface area contributed by atoms with Crippen LogP contribution in [0.15, 0.2) is 58.7 Å². The average molecular weight is 317 g/mol. The Morgan fingerprint density at radius 3 is 2.71 bits per heavy atom. The molecule has 0 fully saturated rings. The summed E-state index contributed by atoms with van der Waals surface area (Å²) >= 11 is 7.21. The molecular formula is C15H9ClN2O2S. The second-order valence-electron chi connectivity index (χ2n) is 4.23. The highest BCUT2D eigenvalue weighted by atomic mass is 35.5. The number of aromatic nitrogens is 2. The van der Waals surface area contributed by atoms with Crippen molar-refractivity contribution < 1.29 is 9.90 Å². The fourth-order valence-corrected chi connectivity index (χ4v) is 2.97. The fourth-order valence-electron chi connectivity index (χ4n) is 1.87. The van der Waals surface area contributed by atoms with E-state index in [-0.39, 0.29) is 5.56 Å². The first kappa shape index (κ1) is 13.9. The van der Waals surface area contributed by atoms with Gasteiger partial charge in [-0.15, -0.1) is 0 Å². The number of rotatable bonds is 3. The van der Waals surface area contributed by atoms with E-state index in [1.807, 2.05) is 24.3 Å². The molecule has 0 unspecified atom stereocenters. The Morgan fingerprint density at radius 1 is 1.14 bits per heavy atom. The van der Waals surface area contributed by atoms with E-state index in [9.17, 15) is 9.90 Å². The van der Waals surface area contributed by atoms with Gasteiger partial charge in [0.05, 0.1) is 16.1 Å². The highest BCUT2D eigenvalue weighted by molar-refractivity contribution is 7.99. The molecule has 0 amide bonds. The van der Waals surface area contributed by atoms with E-state index in [1.54, 1.807) is 24.4 Å². The van der Waals surface area contributed by atoms with Crippen molar-refractivity contribution in [3.05, 3.63) is 59.2 Å². The lowest BCUT2D eigenvalue weighted by Gasteiger charge is -2.07. The molecule has 2 aromatic heterocycles. The van der Waals surface area contributed by atoms with Crippen LogP contribution in [0.2, 0.25) is 5.02 Å². The molecule has 0 aliphatic rings. The van der Waals surface area contributed by atoms with Gasteiger partial charge in [0, 0.05) is 11.6 Å². The standard InChI is InChI=1S/C15H9ClN2O2S/c16-11-5-3-7-17-14(11)21-13-10(15(19)20)8-9-4-1-2-6-12(9)18-13/h1-8H,(H,19,20). The summed E-state index contributed by atoms with van der Waals surface area (Å²) in [5.74, 6) is -1.03. The van der Waals surface area contributed by atoms with Gasteiger partial charge in [0.15, 0.2) is 0 Å². The van der Waals surface area contributed by atoms with Crippen molar-refractivity contribution in [2.24, 2.45) is 0 Å². The van der Waals surface area contributed by atoms with Gasteiger partial charge in [0.1, 0.15) is 10.1 Å². The Bertz CT molecular complexity index is 839. The summed E-state index contributed by atoms with van der Waals surface area (Å²) in [5.41, 5.74) is 0.873. The summed E-state index contributed by atoms with van der Waals surface area (Å²) in [4.78, 5) is 20.0. The van der Waals surface area contributed by atoms with Crippen molar-refractivity contribution in [3.8, 4) is 0 Å². The second-order valence-corrected chi connectivity index (χ2v) is 5.62. The molecule has 1 N–H and O–H groups in total. The number of pyridine rings is 2. The van der Waals surface area contributed by atoms with E-state index >= 15 is 0 Å². The molecule has 0 aliphatic carbocycles. The quantitative estimate of drug-likeness (QED) is 0.787. The molecule has 0 saturated carbocycles. The summed E-state index contributed by atoms with van der Waals surface area (Å²) in [6.45, 7) is 0. The van der Waals surface area contributed by atoms with Gasteiger partial charge in [0.25, 0.3) is 0 Å². The lowest BCUT2D eigenvalue weighted by Crippen LogP contribution is -2.01. The number of carbonyl (C=O) groups is 1. The number of benzene rings is 1. The zero-order chi connectivity index (χ0) is 14.8. The van der Waals surface area contributed by atoms with E-state index < -0.39 is 5.97 Å². The van der Waals surface area contributed by atoms with E-state index in [1.165, 1.54) is 0 Å². The topological polar surface area (TPSA) is 63.1 Å². The minimum absolute atomic E-state index is 0.139. The summed E-state index contributed by atoms with van der Waals surface area (Å²) in [6.07, 6.45) is 1.61. The molecule has 0 bridgehead atoms. The minimum Gasteiger partial charge on any atom is -0.478 e. The minimum atomic E-state index is -1.03. The highest BCUT2D eigenvalue weighted by Crippen LogP contribution is 2.33. The normalized spacial score (nSPS) is 10.7. The number of hydrogen-bond donors (Lipinski definition) is 1. The van der Waals surface area contributed by atoms with E-state index in [4.69, 9.17) is 11.6 Å². The Kier molecular flexibility index (Phi) is 3.77. The number of carboxylic acids is 1. The maximum absolute atomic E-state index is 11.4. The molecule has 0 radical (unpaired) electrons. The third kappa shape index (κ3) is 2.84. The monoisotopic (exact) mass is 316 g/mol. The van der Waals surface area contributed by atoms with Crippen LogP contribution in [0.3, 0.4) is 0 Å². The molecule has 2 heterocycles. The van der Waals surface area contributed by atoms with Gasteiger partial charge in [-0.05, 0) is 36.0 Å². The van der Waals surface area contributed by atoms with E-state index in [2.05, 4.69) is 9.97 Å². The van der Waals surface area contributed by atoms with Gasteiger partial charge in [-0.2, -0.15) is 0 Å². The molecule has 0 saturated heterocycles. The third-order valence-electron chi connectivity index (χ3n) is 2.84. The highest BCUT2D eigenvalue weighted by Gasteiger charge is 2.16. The van der Waals surface area contributed by atoms with Crippen molar-refractivity contribution in [2.45, 2.75) is 10.1 Å². The lowest BCUT2D eigenvalue weighted by molar-refractivity contribution is 0.0692. The van der Waals surface area contributed by atoms with E-state index in [0.717, 1.165) is 22.7 Å². The van der Waals surface area contributed by atoms with Gasteiger partial charge < -0.3 is 5.11 Å². The molecule has 1 aromatic carbocycles. The molecule has 3 aromatic rings. The van der Waals surface area contributed by atoms with Crippen molar-refractivity contribution in [3.63, 3.8) is 0 Å². The van der Waals surface area contributed by atoms with Crippen molar-refractivity contribution in [1.82, 2.24) is 9.97 Å². The Hall–Kier alpha value is -2.11. The van der Waals surface area contributed by atoms with E-state index in [0.29, 0.717) is 15.1 Å². The van der Waals surface area contributed by atoms with Crippen LogP contribution in [0.4, 0.5) is 0 Å². The van der Waals surface area contributed by atoms with Crippen LogP contribution < -0.4 is 0 Å². The van der Waals surface area contributed by atoms with Crippen molar-refractivity contribution in [1.29, 1.82) is 0 Å². The van der Waals surface area contributed by atoms with Gasteiger partial charge in [-0.25, -0.2) is 14.8 Å². The van der Waals surface area contributed by atoms with Crippen molar-refractivity contribution in [2.75, 3.05) is 0 Å². The molecule has 0 atom stereocenters. The smallest absolute Gasteiger partial charge is 0.338 e. The number of hydrogen-bond acceptors (Lipinski definition) is 4. The van der Waals surface area contributed by atoms with Gasteiger partial charge in [0.2, 0.25) is 0 Å². The maximum Gasteiger partial charge on any atom is 0.338 e. The molecule has 104 valence electrons. The summed E-state index contributed by atoms with van der Waals surface area (Å²) in [7, 11) is 0. The first-order valence-corrected chi connectivity index (χ1v) is 7.26. The zero-order valence-electron chi connectivity index (χ0n) is 10.7. The molecule has 0 aliphatic heterocycles. The summed E-state index contributed by atoms with van der Waals surface area (Å²) < 4.78 is 0. The number of fused-ring (bicyclic) bond motifs is 1. The largest absolute Gasteiger partial charge is 0.478 e. The first-order chi connectivity index (χ1) is 10.1. The predicted molar refractivity (Wildman–Crippen MR) is 82.1 cm³/mol. The van der Waals surface area contributed by atoms with Gasteiger partial charge in [-0.1, -0.05) is 29.8 Å². The third-order valence-corrected chi connectivity index (χ3v) is 4.28. The molecule has 0 spiro atoms. The van der Waals surface area contributed by atoms with Gasteiger partial charge >= 0.3 is 5.97 Å². The summed E-state index contributed by atoms with van der Waals surface area (Å²) in [5, 5.41) is 11.5. The number of carboxylic acid groups (broad SMARTS) is 1. The van der Waals surface area contributed by atoms with Crippen LogP contribution in [-0.4, -0.2) is 21.0 Å². The van der Waals surface area contributed by atoms with Crippen molar-refractivity contribution >= 4 is 40.2 Å². The fraction of sp³-hybridized carbons (Fsp3) is 0. The average Bonchev–Trinajstić information content (AvgIpc) is 2.48. The molecule has 3 rings (SSSR count).